The standard InChI is InChI=1S/C18H28N2O3/c1-5-10-23-16-8-6-15(7-9-16)14(2)19-17(21)20(4)11-18(3)12-22-13-18/h6-9,14H,5,10-13H2,1-4H3,(H,19,21)/t14-/m1/s1. The number of carbonyl (C=O) groups is 1. The van der Waals surface area contributed by atoms with E-state index in [1.165, 1.54) is 0 Å². The number of hydrogen-bond acceptors (Lipinski definition) is 3. The number of rotatable bonds is 7. The van der Waals surface area contributed by atoms with Crippen LogP contribution in [0.2, 0.25) is 0 Å². The zero-order valence-electron chi connectivity index (χ0n) is 14.6. The number of nitrogens with one attached hydrogen (secondary N) is 1. The van der Waals surface area contributed by atoms with Crippen molar-refractivity contribution in [2.45, 2.75) is 33.2 Å². The van der Waals surface area contributed by atoms with Crippen molar-refractivity contribution in [3.05, 3.63) is 29.8 Å². The number of hydrogen-bond donors (Lipinski definition) is 1. The monoisotopic (exact) mass is 320 g/mol. The van der Waals surface area contributed by atoms with E-state index in [0.717, 1.165) is 37.6 Å². The van der Waals surface area contributed by atoms with Crippen LogP contribution in [-0.2, 0) is 4.74 Å². The Kier molecular flexibility index (Phi) is 5.88. The van der Waals surface area contributed by atoms with Crippen LogP contribution in [0.15, 0.2) is 24.3 Å². The topological polar surface area (TPSA) is 50.8 Å². The number of amides is 2. The first kappa shape index (κ1) is 17.6. The molecule has 1 aliphatic heterocycles. The first-order chi connectivity index (χ1) is 10.9. The highest BCUT2D eigenvalue weighted by Gasteiger charge is 2.35. The molecule has 0 saturated carbocycles. The van der Waals surface area contributed by atoms with E-state index in [0.29, 0.717) is 6.54 Å². The second-order valence-electron chi connectivity index (χ2n) is 6.75. The maximum Gasteiger partial charge on any atom is 0.317 e. The maximum atomic E-state index is 12.3. The summed E-state index contributed by atoms with van der Waals surface area (Å²) >= 11 is 0. The Bertz CT molecular complexity index is 512. The fourth-order valence-electron chi connectivity index (χ4n) is 2.64. The lowest BCUT2D eigenvalue weighted by molar-refractivity contribution is -0.108. The van der Waals surface area contributed by atoms with Crippen molar-refractivity contribution in [1.82, 2.24) is 10.2 Å². The molecule has 128 valence electrons. The molecule has 0 unspecified atom stereocenters. The van der Waals surface area contributed by atoms with Gasteiger partial charge >= 0.3 is 6.03 Å². The van der Waals surface area contributed by atoms with E-state index in [1.54, 1.807) is 4.90 Å². The highest BCUT2D eigenvalue weighted by Crippen LogP contribution is 2.27. The van der Waals surface area contributed by atoms with Gasteiger partial charge in [0, 0.05) is 19.0 Å². The molecule has 2 rings (SSSR count). The van der Waals surface area contributed by atoms with Crippen LogP contribution in [0, 0.1) is 5.41 Å². The minimum absolute atomic E-state index is 0.0457. The molecule has 0 bridgehead atoms. The first-order valence-electron chi connectivity index (χ1n) is 8.26. The van der Waals surface area contributed by atoms with E-state index in [-0.39, 0.29) is 17.5 Å². The molecule has 0 radical (unpaired) electrons. The number of nitrogens with zero attached hydrogens (tertiary/aromatic N) is 1. The lowest BCUT2D eigenvalue weighted by Gasteiger charge is -2.40. The van der Waals surface area contributed by atoms with Crippen molar-refractivity contribution in [3.63, 3.8) is 0 Å². The molecule has 5 nitrogen and oxygen atoms in total. The van der Waals surface area contributed by atoms with Crippen LogP contribution in [-0.4, -0.2) is 44.3 Å². The maximum absolute atomic E-state index is 12.3. The second-order valence-corrected chi connectivity index (χ2v) is 6.75. The van der Waals surface area contributed by atoms with Gasteiger partial charge in [-0.25, -0.2) is 4.79 Å². The number of ether oxygens (including phenoxy) is 2. The summed E-state index contributed by atoms with van der Waals surface area (Å²) in [6.07, 6.45) is 0.991. The van der Waals surface area contributed by atoms with E-state index >= 15 is 0 Å². The largest absolute Gasteiger partial charge is 0.494 e. The first-order valence-corrected chi connectivity index (χ1v) is 8.26. The van der Waals surface area contributed by atoms with Crippen LogP contribution in [0.4, 0.5) is 4.79 Å². The Morgan fingerprint density at radius 2 is 2.04 bits per heavy atom. The van der Waals surface area contributed by atoms with E-state index in [2.05, 4.69) is 19.2 Å². The Balaban J connectivity index is 1.84. The number of benzene rings is 1. The molecule has 0 spiro atoms. The van der Waals surface area contributed by atoms with Crippen LogP contribution < -0.4 is 10.1 Å². The molecule has 1 aliphatic rings. The van der Waals surface area contributed by atoms with Gasteiger partial charge in [0.2, 0.25) is 0 Å². The van der Waals surface area contributed by atoms with Crippen LogP contribution in [0.3, 0.4) is 0 Å². The van der Waals surface area contributed by atoms with Gasteiger partial charge in [-0.15, -0.1) is 0 Å². The van der Waals surface area contributed by atoms with Crippen molar-refractivity contribution >= 4 is 6.03 Å². The summed E-state index contributed by atoms with van der Waals surface area (Å²) in [5.41, 5.74) is 1.15. The van der Waals surface area contributed by atoms with E-state index < -0.39 is 0 Å². The Hall–Kier alpha value is -1.75. The summed E-state index contributed by atoms with van der Waals surface area (Å²) in [7, 11) is 1.83. The normalized spacial score (nSPS) is 17.0. The van der Waals surface area contributed by atoms with E-state index in [4.69, 9.17) is 9.47 Å². The molecule has 1 atom stereocenters. The van der Waals surface area contributed by atoms with Crippen LogP contribution >= 0.6 is 0 Å². The summed E-state index contributed by atoms with van der Waals surface area (Å²) in [4.78, 5) is 14.0. The van der Waals surface area contributed by atoms with Gasteiger partial charge in [0.25, 0.3) is 0 Å². The zero-order valence-corrected chi connectivity index (χ0v) is 14.6. The van der Waals surface area contributed by atoms with Gasteiger partial charge in [-0.2, -0.15) is 0 Å². The van der Waals surface area contributed by atoms with Gasteiger partial charge in [0.05, 0.1) is 25.9 Å². The molecule has 1 heterocycles. The molecule has 1 aromatic rings. The van der Waals surface area contributed by atoms with Gasteiger partial charge in [-0.3, -0.25) is 0 Å². The summed E-state index contributed by atoms with van der Waals surface area (Å²) in [6, 6.07) is 7.79. The summed E-state index contributed by atoms with van der Waals surface area (Å²) in [5.74, 6) is 0.865. The lowest BCUT2D eigenvalue weighted by Crippen LogP contribution is -2.51. The van der Waals surface area contributed by atoms with Gasteiger partial charge < -0.3 is 19.7 Å². The number of carbonyl (C=O) groups excluding carboxylic acids is 1. The Morgan fingerprint density at radius 3 is 2.57 bits per heavy atom. The molecule has 0 aromatic heterocycles. The Labute approximate surface area is 139 Å². The van der Waals surface area contributed by atoms with E-state index in [1.807, 2.05) is 38.2 Å². The predicted octanol–water partition coefficient (Wildman–Crippen LogP) is 3.21. The van der Waals surface area contributed by atoms with Crippen LogP contribution in [0.25, 0.3) is 0 Å². The summed E-state index contributed by atoms with van der Waals surface area (Å²) in [5, 5.41) is 3.03. The zero-order chi connectivity index (χ0) is 16.9. The fourth-order valence-corrected chi connectivity index (χ4v) is 2.64. The minimum Gasteiger partial charge on any atom is -0.494 e. The number of urea groups is 1. The molecular formula is C18H28N2O3. The molecule has 5 heteroatoms. The lowest BCUT2D eigenvalue weighted by atomic mass is 9.88. The third-order valence-corrected chi connectivity index (χ3v) is 4.06. The van der Waals surface area contributed by atoms with Crippen LogP contribution in [0.5, 0.6) is 5.75 Å². The van der Waals surface area contributed by atoms with Crippen molar-refractivity contribution in [1.29, 1.82) is 0 Å². The molecule has 1 fully saturated rings. The molecule has 1 N–H and O–H groups in total. The van der Waals surface area contributed by atoms with Gasteiger partial charge in [-0.1, -0.05) is 26.0 Å². The van der Waals surface area contributed by atoms with Gasteiger partial charge in [0.1, 0.15) is 5.75 Å². The molecule has 0 aliphatic carbocycles. The third kappa shape index (κ3) is 4.86. The summed E-state index contributed by atoms with van der Waals surface area (Å²) in [6.45, 7) is 9.08. The van der Waals surface area contributed by atoms with Gasteiger partial charge in [0.15, 0.2) is 0 Å². The quantitative estimate of drug-likeness (QED) is 0.839. The molecule has 1 aromatic carbocycles. The highest BCUT2D eigenvalue weighted by atomic mass is 16.5. The fraction of sp³-hybridized carbons (Fsp3) is 0.611. The molecule has 1 saturated heterocycles. The van der Waals surface area contributed by atoms with E-state index in [9.17, 15) is 4.79 Å². The second kappa shape index (κ2) is 7.68. The molecule has 23 heavy (non-hydrogen) atoms. The van der Waals surface area contributed by atoms with Gasteiger partial charge in [-0.05, 0) is 31.0 Å². The van der Waals surface area contributed by atoms with Crippen molar-refractivity contribution in [2.75, 3.05) is 33.4 Å². The average molecular weight is 320 g/mol. The Morgan fingerprint density at radius 1 is 1.39 bits per heavy atom. The van der Waals surface area contributed by atoms with Crippen molar-refractivity contribution < 1.29 is 14.3 Å². The third-order valence-electron chi connectivity index (χ3n) is 4.06. The van der Waals surface area contributed by atoms with Crippen molar-refractivity contribution in [3.8, 4) is 5.75 Å². The minimum atomic E-state index is -0.0584. The molecule has 2 amide bonds. The predicted molar refractivity (Wildman–Crippen MR) is 90.7 cm³/mol. The highest BCUT2D eigenvalue weighted by molar-refractivity contribution is 5.74. The SMILES string of the molecule is CCCOc1ccc([C@@H](C)NC(=O)N(C)CC2(C)COC2)cc1. The average Bonchev–Trinajstić information content (AvgIpc) is 2.51. The molecular weight excluding hydrogens is 292 g/mol. The smallest absolute Gasteiger partial charge is 0.317 e. The van der Waals surface area contributed by atoms with Crippen molar-refractivity contribution in [2.24, 2.45) is 5.41 Å². The van der Waals surface area contributed by atoms with Crippen LogP contribution in [0.1, 0.15) is 38.8 Å². The summed E-state index contributed by atoms with van der Waals surface area (Å²) < 4.78 is 10.8.